The highest BCUT2D eigenvalue weighted by Gasteiger charge is 2.09. The molecular formula is C9H8ClNOS. The Hall–Kier alpha value is -0.930. The summed E-state index contributed by atoms with van der Waals surface area (Å²) in [5.74, 6) is 0.792. The van der Waals surface area contributed by atoms with Gasteiger partial charge in [-0.05, 0) is 12.1 Å². The summed E-state index contributed by atoms with van der Waals surface area (Å²) in [5, 5.41) is 3.55. The molecule has 0 fully saturated rings. The Morgan fingerprint density at radius 3 is 2.92 bits per heavy atom. The first kappa shape index (κ1) is 8.66. The van der Waals surface area contributed by atoms with Crippen LogP contribution in [0.25, 0.3) is 10.1 Å². The fraction of sp³-hybridized carbons (Fsp3) is 0.111. The molecule has 2 rings (SSSR count). The van der Waals surface area contributed by atoms with Crippen LogP contribution in [0.2, 0.25) is 5.02 Å². The second-order valence-corrected chi connectivity index (χ2v) is 3.93. The zero-order chi connectivity index (χ0) is 9.42. The first-order valence-corrected chi connectivity index (χ1v) is 4.99. The second kappa shape index (κ2) is 3.09. The number of anilines is 1. The van der Waals surface area contributed by atoms with Crippen molar-refractivity contribution in [2.24, 2.45) is 0 Å². The van der Waals surface area contributed by atoms with Crippen LogP contribution in [0, 0.1) is 0 Å². The van der Waals surface area contributed by atoms with Crippen LogP contribution in [0.5, 0.6) is 5.75 Å². The largest absolute Gasteiger partial charge is 0.495 e. The van der Waals surface area contributed by atoms with Crippen molar-refractivity contribution in [1.82, 2.24) is 0 Å². The first-order chi connectivity index (χ1) is 6.24. The molecule has 0 atom stereocenters. The topological polar surface area (TPSA) is 35.2 Å². The molecule has 68 valence electrons. The van der Waals surface area contributed by atoms with Crippen LogP contribution in [0.4, 0.5) is 5.69 Å². The Balaban J connectivity index is 2.87. The number of hydrogen-bond acceptors (Lipinski definition) is 3. The van der Waals surface area contributed by atoms with Gasteiger partial charge in [-0.2, -0.15) is 0 Å². The lowest BCUT2D eigenvalue weighted by Gasteiger charge is -2.01. The third-order valence-electron chi connectivity index (χ3n) is 1.89. The zero-order valence-electron chi connectivity index (χ0n) is 7.00. The second-order valence-electron chi connectivity index (χ2n) is 2.64. The van der Waals surface area contributed by atoms with Crippen molar-refractivity contribution >= 4 is 38.7 Å². The van der Waals surface area contributed by atoms with Gasteiger partial charge in [-0.25, -0.2) is 0 Å². The minimum absolute atomic E-state index is 0.706. The summed E-state index contributed by atoms with van der Waals surface area (Å²) in [5.41, 5.74) is 6.52. The van der Waals surface area contributed by atoms with Crippen molar-refractivity contribution < 1.29 is 4.74 Å². The first-order valence-electron chi connectivity index (χ1n) is 3.73. The number of thiophene rings is 1. The molecule has 0 amide bonds. The van der Waals surface area contributed by atoms with Crippen LogP contribution < -0.4 is 10.5 Å². The van der Waals surface area contributed by atoms with Crippen LogP contribution in [-0.4, -0.2) is 7.11 Å². The molecule has 2 nitrogen and oxygen atoms in total. The van der Waals surface area contributed by atoms with Gasteiger partial charge in [0.15, 0.2) is 0 Å². The van der Waals surface area contributed by atoms with Crippen molar-refractivity contribution in [3.63, 3.8) is 0 Å². The highest BCUT2D eigenvalue weighted by molar-refractivity contribution is 7.18. The molecule has 0 aliphatic carbocycles. The van der Waals surface area contributed by atoms with E-state index in [-0.39, 0.29) is 0 Å². The standard InChI is InChI=1S/C9H8ClNOS/c1-12-7-4-13-9-5(10)2-3-6(11)8(7)9/h2-4H,11H2,1H3. The Kier molecular flexibility index (Phi) is 2.06. The van der Waals surface area contributed by atoms with Crippen molar-refractivity contribution in [3.05, 3.63) is 22.5 Å². The quantitative estimate of drug-likeness (QED) is 0.739. The predicted molar refractivity (Wildman–Crippen MR) is 57.8 cm³/mol. The highest BCUT2D eigenvalue weighted by atomic mass is 35.5. The number of fused-ring (bicyclic) bond motifs is 1. The number of methoxy groups -OCH3 is 1. The van der Waals surface area contributed by atoms with Gasteiger partial charge in [0.2, 0.25) is 0 Å². The van der Waals surface area contributed by atoms with E-state index in [1.165, 1.54) is 0 Å². The summed E-state index contributed by atoms with van der Waals surface area (Å²) in [6.07, 6.45) is 0. The van der Waals surface area contributed by atoms with Crippen LogP contribution in [-0.2, 0) is 0 Å². The molecule has 1 aromatic heterocycles. The fourth-order valence-electron chi connectivity index (χ4n) is 1.26. The van der Waals surface area contributed by atoms with Crippen LogP contribution in [0.15, 0.2) is 17.5 Å². The lowest BCUT2D eigenvalue weighted by molar-refractivity contribution is 0.421. The maximum atomic E-state index is 6.00. The number of hydrogen-bond donors (Lipinski definition) is 1. The van der Waals surface area contributed by atoms with Gasteiger partial charge in [-0.15, -0.1) is 11.3 Å². The van der Waals surface area contributed by atoms with Gasteiger partial charge in [-0.1, -0.05) is 11.6 Å². The van der Waals surface area contributed by atoms with E-state index >= 15 is 0 Å². The predicted octanol–water partition coefficient (Wildman–Crippen LogP) is 3.15. The number of rotatable bonds is 1. The van der Waals surface area contributed by atoms with E-state index in [4.69, 9.17) is 22.1 Å². The Bertz CT molecular complexity index is 452. The van der Waals surface area contributed by atoms with Crippen molar-refractivity contribution in [3.8, 4) is 5.75 Å². The summed E-state index contributed by atoms with van der Waals surface area (Å²) in [4.78, 5) is 0. The van der Waals surface area contributed by atoms with Crippen LogP contribution in [0.3, 0.4) is 0 Å². The van der Waals surface area contributed by atoms with Gasteiger partial charge in [0, 0.05) is 11.1 Å². The molecule has 4 heteroatoms. The molecule has 0 aliphatic rings. The smallest absolute Gasteiger partial charge is 0.139 e. The van der Waals surface area contributed by atoms with Gasteiger partial charge in [0.25, 0.3) is 0 Å². The van der Waals surface area contributed by atoms with Crippen LogP contribution in [0.1, 0.15) is 0 Å². The van der Waals surface area contributed by atoms with Crippen LogP contribution >= 0.6 is 22.9 Å². The SMILES string of the molecule is COc1csc2c(Cl)ccc(N)c12. The lowest BCUT2D eigenvalue weighted by atomic mass is 10.2. The molecule has 2 aromatic rings. The number of benzene rings is 1. The summed E-state index contributed by atoms with van der Waals surface area (Å²) < 4.78 is 6.16. The molecule has 1 aromatic carbocycles. The third-order valence-corrected chi connectivity index (χ3v) is 3.31. The van der Waals surface area contributed by atoms with E-state index in [1.807, 2.05) is 5.38 Å². The van der Waals surface area contributed by atoms with E-state index in [0.29, 0.717) is 5.69 Å². The van der Waals surface area contributed by atoms with Crippen molar-refractivity contribution in [2.45, 2.75) is 0 Å². The molecule has 0 spiro atoms. The minimum Gasteiger partial charge on any atom is -0.495 e. The van der Waals surface area contributed by atoms with Gasteiger partial charge in [-0.3, -0.25) is 0 Å². The van der Waals surface area contributed by atoms with Crippen molar-refractivity contribution in [1.29, 1.82) is 0 Å². The monoisotopic (exact) mass is 213 g/mol. The number of nitrogen functional groups attached to an aromatic ring is 1. The normalized spacial score (nSPS) is 10.6. The summed E-state index contributed by atoms with van der Waals surface area (Å²) in [7, 11) is 1.63. The van der Waals surface area contributed by atoms with Crippen molar-refractivity contribution in [2.75, 3.05) is 12.8 Å². The summed E-state index contributed by atoms with van der Waals surface area (Å²) in [6.45, 7) is 0. The summed E-state index contributed by atoms with van der Waals surface area (Å²) >= 11 is 7.54. The van der Waals surface area contributed by atoms with E-state index in [1.54, 1.807) is 30.6 Å². The van der Waals surface area contributed by atoms with Gasteiger partial charge in [0.05, 0.1) is 22.2 Å². The average molecular weight is 214 g/mol. The molecule has 0 radical (unpaired) electrons. The fourth-order valence-corrected chi connectivity index (χ4v) is 2.51. The number of halogens is 1. The van der Waals surface area contributed by atoms with E-state index in [0.717, 1.165) is 20.9 Å². The molecule has 0 bridgehead atoms. The maximum absolute atomic E-state index is 6.00. The maximum Gasteiger partial charge on any atom is 0.139 e. The molecule has 13 heavy (non-hydrogen) atoms. The van der Waals surface area contributed by atoms with Gasteiger partial charge < -0.3 is 10.5 Å². The molecule has 0 aliphatic heterocycles. The summed E-state index contributed by atoms with van der Waals surface area (Å²) in [6, 6.07) is 3.59. The Labute approximate surface area is 84.9 Å². The average Bonchev–Trinajstić information content (AvgIpc) is 2.56. The lowest BCUT2D eigenvalue weighted by Crippen LogP contribution is -1.87. The molecule has 1 heterocycles. The third kappa shape index (κ3) is 1.24. The highest BCUT2D eigenvalue weighted by Crippen LogP contribution is 2.39. The van der Waals surface area contributed by atoms with E-state index in [2.05, 4.69) is 0 Å². The van der Waals surface area contributed by atoms with Gasteiger partial charge >= 0.3 is 0 Å². The molecular weight excluding hydrogens is 206 g/mol. The van der Waals surface area contributed by atoms with Gasteiger partial charge in [0.1, 0.15) is 5.75 Å². The minimum atomic E-state index is 0.706. The molecule has 0 saturated heterocycles. The number of nitrogens with two attached hydrogens (primary N) is 1. The Morgan fingerprint density at radius 2 is 2.23 bits per heavy atom. The Morgan fingerprint density at radius 1 is 1.46 bits per heavy atom. The van der Waals surface area contributed by atoms with E-state index < -0.39 is 0 Å². The van der Waals surface area contributed by atoms with E-state index in [9.17, 15) is 0 Å². The number of ether oxygens (including phenoxy) is 1. The zero-order valence-corrected chi connectivity index (χ0v) is 8.58. The molecule has 0 saturated carbocycles. The molecule has 2 N–H and O–H groups in total. The molecule has 0 unspecified atom stereocenters.